The van der Waals surface area contributed by atoms with Crippen LogP contribution in [0.3, 0.4) is 0 Å². The van der Waals surface area contributed by atoms with Gasteiger partial charge in [-0.1, -0.05) is 340 Å². The zero-order chi connectivity index (χ0) is 83.4. The van der Waals surface area contributed by atoms with Crippen molar-refractivity contribution in [1.29, 1.82) is 0 Å². The first-order valence-corrected chi connectivity index (χ1v) is 44.7. The molecule has 0 aliphatic heterocycles. The van der Waals surface area contributed by atoms with Crippen LogP contribution in [0.4, 0.5) is 0 Å². The average molecular weight is 1670 g/mol. The van der Waals surface area contributed by atoms with Crippen LogP contribution in [0.1, 0.15) is 0 Å². The highest BCUT2D eigenvalue weighted by atomic mass is 32.1. The number of para-hydroxylation sites is 3. The molecule has 126 heavy (non-hydrogen) atoms. The highest BCUT2D eigenvalue weighted by Gasteiger charge is 2.24. The maximum atomic E-state index is 5.24. The molecule has 0 fully saturated rings. The molecule has 16 aromatic carbocycles. The first-order chi connectivity index (χ1) is 62.5. The van der Waals surface area contributed by atoms with E-state index in [1.807, 2.05) is 72.0 Å². The van der Waals surface area contributed by atoms with Crippen molar-refractivity contribution >= 4 is 130 Å². The molecular formula is C114H73N9S3. The van der Waals surface area contributed by atoms with Gasteiger partial charge in [0, 0.05) is 91.6 Å². The van der Waals surface area contributed by atoms with Crippen LogP contribution in [0.5, 0.6) is 0 Å². The van der Waals surface area contributed by atoms with Crippen LogP contribution < -0.4 is 0 Å². The number of aromatic nitrogens is 9. The first kappa shape index (κ1) is 75.0. The summed E-state index contributed by atoms with van der Waals surface area (Å²) in [6.07, 6.45) is 0. The van der Waals surface area contributed by atoms with Crippen molar-refractivity contribution in [3.63, 3.8) is 0 Å². The lowest BCUT2D eigenvalue weighted by Gasteiger charge is -2.13. The van der Waals surface area contributed by atoms with E-state index in [1.165, 1.54) is 107 Å². The van der Waals surface area contributed by atoms with Gasteiger partial charge < -0.3 is 4.57 Å². The first-order valence-electron chi connectivity index (χ1n) is 42.1. The molecule has 0 bridgehead atoms. The minimum atomic E-state index is 0.609. The summed E-state index contributed by atoms with van der Waals surface area (Å²) in [6, 6.07) is 149. The fourth-order valence-corrected chi connectivity index (χ4v) is 20.6. The molecule has 12 heteroatoms. The predicted octanol–water partition coefficient (Wildman–Crippen LogP) is 31.0. The Kier molecular flexibility index (Phi) is 19.3. The van der Waals surface area contributed by atoms with Crippen molar-refractivity contribution in [2.24, 2.45) is 0 Å². The molecule has 0 N–H and O–H groups in total. The number of thiophene rings is 3. The fourth-order valence-electron chi connectivity index (χ4n) is 17.7. The molecule has 0 spiro atoms. The lowest BCUT2D eigenvalue weighted by atomic mass is 9.97. The van der Waals surface area contributed by atoms with Crippen LogP contribution in [-0.4, -0.2) is 43.6 Å². The van der Waals surface area contributed by atoms with Crippen LogP contribution in [0.15, 0.2) is 441 Å². The summed E-state index contributed by atoms with van der Waals surface area (Å²) in [7, 11) is 0. The van der Waals surface area contributed by atoms with E-state index in [0.717, 1.165) is 95.2 Å². The molecular weight excluding hydrogens is 1590 g/mol. The molecule has 0 amide bonds. The van der Waals surface area contributed by atoms with Crippen molar-refractivity contribution in [2.75, 3.05) is 0 Å². The van der Waals surface area contributed by atoms with Gasteiger partial charge in [-0.05, 0) is 156 Å². The molecule has 25 aromatic rings. The Morgan fingerprint density at radius 3 is 0.960 bits per heavy atom. The third kappa shape index (κ3) is 13.9. The zero-order valence-corrected chi connectivity index (χ0v) is 70.3. The summed E-state index contributed by atoms with van der Waals surface area (Å²) in [5.74, 6) is 3.47. The Labute approximate surface area is 738 Å². The average Bonchev–Trinajstić information content (AvgIpc) is 1.58. The monoisotopic (exact) mass is 1660 g/mol. The van der Waals surface area contributed by atoms with Gasteiger partial charge in [0.15, 0.2) is 17.5 Å². The van der Waals surface area contributed by atoms with Crippen LogP contribution >= 0.6 is 34.0 Å². The summed E-state index contributed by atoms with van der Waals surface area (Å²) in [4.78, 5) is 30.6. The molecule has 25 rings (SSSR count). The summed E-state index contributed by atoms with van der Waals surface area (Å²) in [5.41, 5.74) is 26.4. The van der Waals surface area contributed by atoms with Gasteiger partial charge in [-0.15, -0.1) is 34.0 Å². The van der Waals surface area contributed by atoms with Gasteiger partial charge in [0.1, 0.15) is 5.82 Å². The van der Waals surface area contributed by atoms with Crippen molar-refractivity contribution in [3.8, 4) is 130 Å². The molecule has 0 aliphatic carbocycles. The Balaban J connectivity index is 0.000000109. The number of fused-ring (bicyclic) bond motifs is 15. The summed E-state index contributed by atoms with van der Waals surface area (Å²) < 4.78 is 10.8. The second-order valence-electron chi connectivity index (χ2n) is 31.3. The molecule has 0 aliphatic rings. The van der Waals surface area contributed by atoms with Gasteiger partial charge >= 0.3 is 0 Å². The van der Waals surface area contributed by atoms with Gasteiger partial charge in [-0.25, -0.2) is 19.9 Å². The van der Waals surface area contributed by atoms with E-state index in [9.17, 15) is 0 Å². The second kappa shape index (κ2) is 32.5. The number of rotatable bonds is 13. The van der Waals surface area contributed by atoms with Crippen molar-refractivity contribution < 1.29 is 0 Å². The highest BCUT2D eigenvalue weighted by Crippen LogP contribution is 2.45. The molecule has 9 heterocycles. The molecule has 0 saturated carbocycles. The van der Waals surface area contributed by atoms with Crippen molar-refractivity contribution in [3.05, 3.63) is 441 Å². The number of nitrogens with zero attached hydrogens (tertiary/aromatic N) is 9. The smallest absolute Gasteiger partial charge is 0.238 e. The van der Waals surface area contributed by atoms with Gasteiger partial charge in [0.05, 0.1) is 50.2 Å². The van der Waals surface area contributed by atoms with Crippen LogP contribution in [0.2, 0.25) is 0 Å². The van der Waals surface area contributed by atoms with Crippen molar-refractivity contribution in [2.45, 2.75) is 0 Å². The van der Waals surface area contributed by atoms with Crippen LogP contribution in [0.25, 0.3) is 226 Å². The Hall–Kier alpha value is -16.0. The molecule has 0 radical (unpaired) electrons. The summed E-state index contributed by atoms with van der Waals surface area (Å²) in [5, 5.41) is 17.9. The molecule has 9 aromatic heterocycles. The standard InChI is InChI=1S/C43H28N2S.C36H23N3S.C35H22N4S/c1-3-10-29(11-4-1)30-18-20-31(21-19-30)35-27-38(32-12-5-2-6-13-32)44-39(28-35)34-14-9-15-36(26-34)45-40-17-8-7-16-37(40)42-41(45)23-22-33-24-25-46-43(33)42;1-3-9-24(10-4-1)25-15-17-26(18-16-25)30-23-33(38-36(37-30)28-11-5-2-6-12-28)39-31-14-8-7-13-29(31)34-32(39)20-19-27-21-22-40-35(27)34;1-3-9-23(10-4-1)24-15-17-27(18-16-24)34-36-33(26-11-5-2-6-12-26)37-35(38-34)39-29-14-8-7-13-28(29)31-30(39)20-19-25-21-22-40-32(25)31/h1-28H;1-23H;1-22H. The SMILES string of the molecule is c1ccc(-c2ccc(-c3cc(-c4ccccc4)nc(-c4cccc(-n5c6ccccc6c6c7sccc7ccc65)c4)c3)cc2)cc1.c1ccc(-c2ccc(-c3cc(-n4c5ccccc5c5c6sccc6ccc54)nc(-c4ccccc4)n3)cc2)cc1.c1ccc(-c2ccc(-c3nc(-c4ccccc4)nc(-n4c5ccccc5c5c6sccc6ccc54)n3)cc2)cc1. The number of benzene rings is 16. The lowest BCUT2D eigenvalue weighted by molar-refractivity contribution is 0.953. The molecule has 0 atom stereocenters. The maximum absolute atomic E-state index is 5.24. The highest BCUT2D eigenvalue weighted by molar-refractivity contribution is 7.19. The van der Waals surface area contributed by atoms with Crippen LogP contribution in [-0.2, 0) is 0 Å². The number of hydrogen-bond acceptors (Lipinski definition) is 9. The van der Waals surface area contributed by atoms with Crippen molar-refractivity contribution in [1.82, 2.24) is 43.6 Å². The van der Waals surface area contributed by atoms with E-state index in [0.29, 0.717) is 23.4 Å². The van der Waals surface area contributed by atoms with Crippen LogP contribution in [0, 0.1) is 0 Å². The molecule has 592 valence electrons. The minimum absolute atomic E-state index is 0.609. The summed E-state index contributed by atoms with van der Waals surface area (Å²) in [6.45, 7) is 0. The Morgan fingerprint density at radius 1 is 0.183 bits per heavy atom. The minimum Gasteiger partial charge on any atom is -0.309 e. The third-order valence-electron chi connectivity index (χ3n) is 23.8. The lowest BCUT2D eigenvalue weighted by Crippen LogP contribution is -2.06. The van der Waals surface area contributed by atoms with Gasteiger partial charge in [-0.3, -0.25) is 9.13 Å². The third-order valence-corrected chi connectivity index (χ3v) is 26.6. The molecule has 9 nitrogen and oxygen atoms in total. The number of hydrogen-bond donors (Lipinski definition) is 0. The van der Waals surface area contributed by atoms with E-state index in [4.69, 9.17) is 29.9 Å². The number of pyridine rings is 1. The van der Waals surface area contributed by atoms with E-state index in [2.05, 4.69) is 394 Å². The van der Waals surface area contributed by atoms with Gasteiger partial charge in [0.25, 0.3) is 0 Å². The normalized spacial score (nSPS) is 11.5. The zero-order valence-electron chi connectivity index (χ0n) is 67.9. The van der Waals surface area contributed by atoms with Gasteiger partial charge in [-0.2, -0.15) is 9.97 Å². The quantitative estimate of drug-likeness (QED) is 0.114. The van der Waals surface area contributed by atoms with Gasteiger partial charge in [0.2, 0.25) is 5.95 Å². The Morgan fingerprint density at radius 2 is 0.500 bits per heavy atom. The van der Waals surface area contributed by atoms with E-state index in [-0.39, 0.29) is 0 Å². The van der Waals surface area contributed by atoms with E-state index in [1.54, 1.807) is 22.7 Å². The molecule has 0 saturated heterocycles. The topological polar surface area (TPSA) is 92.1 Å². The van der Waals surface area contributed by atoms with E-state index < -0.39 is 0 Å². The van der Waals surface area contributed by atoms with E-state index >= 15 is 0 Å². The maximum Gasteiger partial charge on any atom is 0.238 e. The Bertz CT molecular complexity index is 8040. The predicted molar refractivity (Wildman–Crippen MR) is 530 cm³/mol. The largest absolute Gasteiger partial charge is 0.309 e. The second-order valence-corrected chi connectivity index (χ2v) is 34.0. The fraction of sp³-hybridized carbons (Fsp3) is 0. The summed E-state index contributed by atoms with van der Waals surface area (Å²) >= 11 is 5.38. The molecule has 0 unspecified atom stereocenters.